The smallest absolute Gasteiger partial charge is 0.364 e. The molecule has 1 aliphatic rings. The molecule has 1 saturated carbocycles. The second kappa shape index (κ2) is 4.65. The van der Waals surface area contributed by atoms with Crippen LogP contribution in [0.1, 0.15) is 32.1 Å². The molecule has 102 valence electrons. The largest absolute Gasteiger partial charge is 0.394 e. The maximum absolute atomic E-state index is 11.5. The molecule has 0 spiro atoms. The van der Waals surface area contributed by atoms with E-state index < -0.39 is 0 Å². The van der Waals surface area contributed by atoms with Gasteiger partial charge in [0.15, 0.2) is 5.65 Å². The summed E-state index contributed by atoms with van der Waals surface area (Å²) in [7, 11) is 0. The van der Waals surface area contributed by atoms with E-state index in [9.17, 15) is 9.90 Å². The van der Waals surface area contributed by atoms with E-state index in [0.717, 1.165) is 25.7 Å². The Morgan fingerprint density at radius 2 is 2.16 bits per heavy atom. The summed E-state index contributed by atoms with van der Waals surface area (Å²) in [5.74, 6) is 0.590. The Morgan fingerprint density at radius 3 is 2.89 bits per heavy atom. The van der Waals surface area contributed by atoms with Crippen molar-refractivity contribution in [3.05, 3.63) is 22.6 Å². The van der Waals surface area contributed by atoms with Gasteiger partial charge in [-0.05, 0) is 25.0 Å². The fourth-order valence-corrected chi connectivity index (χ4v) is 2.69. The Balaban J connectivity index is 1.91. The van der Waals surface area contributed by atoms with Gasteiger partial charge in [0, 0.05) is 0 Å². The Morgan fingerprint density at radius 1 is 1.37 bits per heavy atom. The van der Waals surface area contributed by atoms with Crippen LogP contribution in [0.15, 0.2) is 16.9 Å². The monoisotopic (exact) mass is 263 g/mol. The summed E-state index contributed by atoms with van der Waals surface area (Å²) in [6, 6.07) is 3.50. The summed E-state index contributed by atoms with van der Waals surface area (Å²) in [4.78, 5) is 11.5. The van der Waals surface area contributed by atoms with Gasteiger partial charge >= 0.3 is 5.69 Å². The molecule has 2 heterocycles. The van der Waals surface area contributed by atoms with E-state index in [1.807, 2.05) is 0 Å². The molecular formula is C12H17N5O2. The molecule has 0 saturated heterocycles. The van der Waals surface area contributed by atoms with Gasteiger partial charge in [-0.25, -0.2) is 9.89 Å². The normalized spacial score (nSPS) is 18.6. The summed E-state index contributed by atoms with van der Waals surface area (Å²) in [6.45, 7) is 0.0764. The van der Waals surface area contributed by atoms with Gasteiger partial charge in [-0.15, -0.1) is 5.10 Å². The van der Waals surface area contributed by atoms with Crippen LogP contribution in [0.5, 0.6) is 0 Å². The Kier molecular flexibility index (Phi) is 2.98. The Hall–Kier alpha value is -1.89. The van der Waals surface area contributed by atoms with Gasteiger partial charge in [0.2, 0.25) is 0 Å². The van der Waals surface area contributed by atoms with Gasteiger partial charge in [0.25, 0.3) is 0 Å². The van der Waals surface area contributed by atoms with Crippen molar-refractivity contribution in [2.75, 3.05) is 11.9 Å². The van der Waals surface area contributed by atoms with Crippen LogP contribution < -0.4 is 11.0 Å². The number of fused-ring (bicyclic) bond motifs is 1. The molecule has 3 rings (SSSR count). The van der Waals surface area contributed by atoms with Crippen LogP contribution >= 0.6 is 0 Å². The first-order valence-corrected chi connectivity index (χ1v) is 6.56. The van der Waals surface area contributed by atoms with Crippen molar-refractivity contribution < 1.29 is 5.11 Å². The molecule has 2 aromatic heterocycles. The average molecular weight is 263 g/mol. The predicted octanol–water partition coefficient (Wildman–Crippen LogP) is 0.525. The van der Waals surface area contributed by atoms with Crippen molar-refractivity contribution in [1.29, 1.82) is 0 Å². The lowest BCUT2D eigenvalue weighted by molar-refractivity contribution is 0.172. The number of hydrogen-bond acceptors (Lipinski definition) is 5. The summed E-state index contributed by atoms with van der Waals surface area (Å²) >= 11 is 0. The maximum atomic E-state index is 11.5. The zero-order chi connectivity index (χ0) is 13.3. The second-order valence-electron chi connectivity index (χ2n) is 5.14. The molecule has 0 atom stereocenters. The van der Waals surface area contributed by atoms with Gasteiger partial charge in [-0.3, -0.25) is 0 Å². The third-order valence-electron chi connectivity index (χ3n) is 3.78. The molecule has 0 unspecified atom stereocenters. The van der Waals surface area contributed by atoms with E-state index in [0.29, 0.717) is 11.5 Å². The highest BCUT2D eigenvalue weighted by Gasteiger charge is 2.31. The van der Waals surface area contributed by atoms with Crippen molar-refractivity contribution in [2.24, 2.45) is 0 Å². The number of rotatable bonds is 3. The molecule has 0 amide bonds. The van der Waals surface area contributed by atoms with Crippen molar-refractivity contribution in [2.45, 2.75) is 37.6 Å². The molecule has 1 fully saturated rings. The third-order valence-corrected chi connectivity index (χ3v) is 3.78. The zero-order valence-electron chi connectivity index (χ0n) is 10.6. The van der Waals surface area contributed by atoms with Crippen molar-refractivity contribution in [3.8, 4) is 0 Å². The molecule has 7 heteroatoms. The summed E-state index contributed by atoms with van der Waals surface area (Å²) < 4.78 is 1.22. The van der Waals surface area contributed by atoms with Crippen LogP contribution in [-0.2, 0) is 0 Å². The van der Waals surface area contributed by atoms with Gasteiger partial charge in [-0.2, -0.15) is 9.61 Å². The van der Waals surface area contributed by atoms with Crippen LogP contribution in [0, 0.1) is 0 Å². The number of nitrogens with zero attached hydrogens (tertiary/aromatic N) is 3. The quantitative estimate of drug-likeness (QED) is 0.750. The first kappa shape index (κ1) is 12.2. The van der Waals surface area contributed by atoms with Crippen LogP contribution in [-0.4, -0.2) is 37.1 Å². The lowest BCUT2D eigenvalue weighted by atomic mass is 9.82. The Bertz CT molecular complexity index is 626. The summed E-state index contributed by atoms with van der Waals surface area (Å²) in [6.07, 6.45) is 5.24. The molecule has 2 aromatic rings. The number of anilines is 1. The van der Waals surface area contributed by atoms with E-state index in [-0.39, 0.29) is 17.8 Å². The standard InChI is InChI=1S/C12H17N5O2/c18-8-12(6-2-1-3-7-12)13-9-4-5-10-14-15-11(19)17(10)16-9/h4-5,18H,1-3,6-8H2,(H,13,16)(H,15,19). The first-order valence-electron chi connectivity index (χ1n) is 6.56. The molecule has 19 heavy (non-hydrogen) atoms. The van der Waals surface area contributed by atoms with Crippen molar-refractivity contribution >= 4 is 11.5 Å². The number of aromatic amines is 1. The van der Waals surface area contributed by atoms with Gasteiger partial charge in [0.05, 0.1) is 12.1 Å². The van der Waals surface area contributed by atoms with Gasteiger partial charge in [0.1, 0.15) is 5.82 Å². The minimum absolute atomic E-state index is 0.0764. The van der Waals surface area contributed by atoms with Gasteiger partial charge in [-0.1, -0.05) is 19.3 Å². The Labute approximate surface area is 109 Å². The maximum Gasteiger partial charge on any atom is 0.364 e. The minimum Gasteiger partial charge on any atom is -0.394 e. The van der Waals surface area contributed by atoms with Crippen LogP contribution in [0.4, 0.5) is 5.82 Å². The molecule has 0 aliphatic heterocycles. The summed E-state index contributed by atoms with van der Waals surface area (Å²) in [5.41, 5.74) is -0.190. The summed E-state index contributed by atoms with van der Waals surface area (Å²) in [5, 5.41) is 23.3. The van der Waals surface area contributed by atoms with Crippen LogP contribution in [0.25, 0.3) is 5.65 Å². The topological polar surface area (TPSA) is 95.3 Å². The predicted molar refractivity (Wildman–Crippen MR) is 70.1 cm³/mol. The van der Waals surface area contributed by atoms with Crippen LogP contribution in [0.2, 0.25) is 0 Å². The molecule has 1 aliphatic carbocycles. The van der Waals surface area contributed by atoms with Crippen molar-refractivity contribution in [3.63, 3.8) is 0 Å². The molecule has 3 N–H and O–H groups in total. The highest BCUT2D eigenvalue weighted by molar-refractivity contribution is 5.44. The van der Waals surface area contributed by atoms with E-state index >= 15 is 0 Å². The number of aliphatic hydroxyl groups excluding tert-OH is 1. The lowest BCUT2D eigenvalue weighted by Crippen LogP contribution is -2.44. The number of aliphatic hydroxyl groups is 1. The highest BCUT2D eigenvalue weighted by atomic mass is 16.3. The molecule has 0 aromatic carbocycles. The lowest BCUT2D eigenvalue weighted by Gasteiger charge is -2.36. The van der Waals surface area contributed by atoms with Crippen LogP contribution in [0.3, 0.4) is 0 Å². The molecule has 7 nitrogen and oxygen atoms in total. The number of nitrogens with one attached hydrogen (secondary N) is 2. The van der Waals surface area contributed by atoms with Crippen molar-refractivity contribution in [1.82, 2.24) is 19.8 Å². The average Bonchev–Trinajstić information content (AvgIpc) is 2.81. The number of hydrogen-bond donors (Lipinski definition) is 3. The SMILES string of the molecule is O=c1[nH]nc2ccc(NC3(CO)CCCCC3)nn12. The fourth-order valence-electron chi connectivity index (χ4n) is 2.69. The molecule has 0 bridgehead atoms. The number of H-pyrrole nitrogens is 1. The van der Waals surface area contributed by atoms with E-state index in [4.69, 9.17) is 0 Å². The minimum atomic E-state index is -0.361. The van der Waals surface area contributed by atoms with Gasteiger partial charge < -0.3 is 10.4 Å². The van der Waals surface area contributed by atoms with E-state index in [1.54, 1.807) is 12.1 Å². The highest BCUT2D eigenvalue weighted by Crippen LogP contribution is 2.30. The third kappa shape index (κ3) is 2.21. The second-order valence-corrected chi connectivity index (χ2v) is 5.14. The number of aromatic nitrogens is 4. The van der Waals surface area contributed by atoms with E-state index in [1.165, 1.54) is 10.9 Å². The molecule has 0 radical (unpaired) electrons. The first-order chi connectivity index (χ1) is 9.22. The fraction of sp³-hybridized carbons (Fsp3) is 0.583. The molecular weight excluding hydrogens is 246 g/mol. The van der Waals surface area contributed by atoms with E-state index in [2.05, 4.69) is 20.6 Å². The zero-order valence-corrected chi connectivity index (χ0v) is 10.6.